The number of para-hydroxylation sites is 2. The third-order valence-electron chi connectivity index (χ3n) is 11.6. The van der Waals surface area contributed by atoms with Crippen LogP contribution in [0, 0.1) is 0 Å². The smallest absolute Gasteiger partial charge is 0.143 e. The molecule has 53 heavy (non-hydrogen) atoms. The first-order valence-electron chi connectivity index (χ1n) is 18.4. The molecule has 0 amide bonds. The molecule has 8 aromatic carbocycles. The van der Waals surface area contributed by atoms with Crippen LogP contribution in [0.4, 0.5) is 0 Å². The average molecular weight is 678 g/mol. The fourth-order valence-electron chi connectivity index (χ4n) is 8.90. The van der Waals surface area contributed by atoms with Crippen molar-refractivity contribution in [3.05, 3.63) is 187 Å². The summed E-state index contributed by atoms with van der Waals surface area (Å²) in [4.78, 5) is 0. The molecule has 0 spiro atoms. The molecule has 1 aliphatic rings. The first kappa shape index (κ1) is 30.0. The largest absolute Gasteiger partial charge is 0.455 e. The zero-order valence-electron chi connectivity index (χ0n) is 29.6. The molecular formula is C51H35NO. The van der Waals surface area contributed by atoms with Crippen molar-refractivity contribution in [2.24, 2.45) is 0 Å². The first-order valence-corrected chi connectivity index (χ1v) is 18.4. The maximum absolute atomic E-state index is 6.55. The Kier molecular flexibility index (Phi) is 6.33. The van der Waals surface area contributed by atoms with Gasteiger partial charge in [-0.1, -0.05) is 141 Å². The Bertz CT molecular complexity index is 3050. The zero-order chi connectivity index (χ0) is 35.3. The van der Waals surface area contributed by atoms with E-state index in [0.29, 0.717) is 0 Å². The van der Waals surface area contributed by atoms with Gasteiger partial charge in [0.15, 0.2) is 0 Å². The van der Waals surface area contributed by atoms with Crippen LogP contribution < -0.4 is 0 Å². The van der Waals surface area contributed by atoms with Crippen LogP contribution in [0.2, 0.25) is 0 Å². The van der Waals surface area contributed by atoms with Crippen molar-refractivity contribution in [1.82, 2.24) is 4.57 Å². The Morgan fingerprint density at radius 1 is 0.415 bits per heavy atom. The molecule has 2 nitrogen and oxygen atoms in total. The van der Waals surface area contributed by atoms with Crippen LogP contribution in [0.3, 0.4) is 0 Å². The maximum Gasteiger partial charge on any atom is 0.143 e. The molecule has 0 N–H and O–H groups in total. The number of fused-ring (bicyclic) bond motifs is 10. The van der Waals surface area contributed by atoms with Crippen LogP contribution in [0.5, 0.6) is 0 Å². The molecule has 0 atom stereocenters. The molecule has 11 rings (SSSR count). The highest BCUT2D eigenvalue weighted by molar-refractivity contribution is 6.13. The number of hydrogen-bond acceptors (Lipinski definition) is 1. The number of hydrogen-bond donors (Lipinski definition) is 0. The summed E-state index contributed by atoms with van der Waals surface area (Å²) in [6.45, 7) is 4.70. The Balaban J connectivity index is 1.06. The number of rotatable bonds is 4. The van der Waals surface area contributed by atoms with E-state index in [4.69, 9.17) is 4.42 Å². The van der Waals surface area contributed by atoms with E-state index in [9.17, 15) is 0 Å². The molecule has 0 fully saturated rings. The lowest BCUT2D eigenvalue weighted by molar-refractivity contribution is 0.653. The maximum atomic E-state index is 6.55. The lowest BCUT2D eigenvalue weighted by Crippen LogP contribution is -2.14. The van der Waals surface area contributed by atoms with E-state index >= 15 is 0 Å². The third-order valence-corrected chi connectivity index (χ3v) is 11.6. The molecule has 0 unspecified atom stereocenters. The van der Waals surface area contributed by atoms with Crippen LogP contribution in [0.25, 0.3) is 93.9 Å². The summed E-state index contributed by atoms with van der Waals surface area (Å²) >= 11 is 0. The van der Waals surface area contributed by atoms with Crippen LogP contribution in [0.1, 0.15) is 25.0 Å². The van der Waals surface area contributed by atoms with Gasteiger partial charge in [-0.2, -0.15) is 0 Å². The quantitative estimate of drug-likeness (QED) is 0.181. The summed E-state index contributed by atoms with van der Waals surface area (Å²) in [5, 5.41) is 4.84. The molecule has 10 aromatic rings. The lowest BCUT2D eigenvalue weighted by atomic mass is 9.81. The van der Waals surface area contributed by atoms with Crippen molar-refractivity contribution in [3.8, 4) is 50.2 Å². The van der Waals surface area contributed by atoms with Gasteiger partial charge < -0.3 is 8.98 Å². The minimum atomic E-state index is -0.160. The molecule has 0 aliphatic heterocycles. The van der Waals surface area contributed by atoms with Gasteiger partial charge in [0.05, 0.1) is 11.0 Å². The number of furan rings is 1. The number of aromatic nitrogens is 1. The predicted molar refractivity (Wildman–Crippen MR) is 222 cm³/mol. The fraction of sp³-hybridized carbons (Fsp3) is 0.0588. The minimum Gasteiger partial charge on any atom is -0.455 e. The zero-order valence-corrected chi connectivity index (χ0v) is 29.6. The SMILES string of the molecule is CC1(C)c2cc(-c3ccc4c(c3)c3cc(-c5ccc(-c6ccccc6)cc5)ccc3n4-c3ccccc3)ccc2-c2c1ccc1c2oc2ccccc21. The number of nitrogens with zero attached hydrogens (tertiary/aromatic N) is 1. The summed E-state index contributed by atoms with van der Waals surface area (Å²) in [5.41, 5.74) is 17.8. The van der Waals surface area contributed by atoms with Crippen molar-refractivity contribution in [1.29, 1.82) is 0 Å². The van der Waals surface area contributed by atoms with Crippen molar-refractivity contribution >= 4 is 43.7 Å². The molecule has 2 heteroatoms. The van der Waals surface area contributed by atoms with Gasteiger partial charge in [-0.15, -0.1) is 0 Å². The van der Waals surface area contributed by atoms with Gasteiger partial charge in [0.25, 0.3) is 0 Å². The van der Waals surface area contributed by atoms with Crippen molar-refractivity contribution in [2.75, 3.05) is 0 Å². The van der Waals surface area contributed by atoms with Crippen molar-refractivity contribution < 1.29 is 4.42 Å². The average Bonchev–Trinajstić information content (AvgIpc) is 3.83. The molecule has 0 radical (unpaired) electrons. The van der Waals surface area contributed by atoms with Crippen LogP contribution >= 0.6 is 0 Å². The molecule has 250 valence electrons. The standard InChI is InChI=1S/C51H35NO/c1-51(2)44-26-25-40-39-15-9-10-16-48(39)53-50(40)49(44)41-24-21-37(31-45(41)51)36-23-28-47-43(30-36)42-29-35(22-27-46(42)52(47)38-13-7-4-8-14-38)34-19-17-33(18-20-34)32-11-5-3-6-12-32/h3-31H,1-2H3. The van der Waals surface area contributed by atoms with Crippen LogP contribution in [0.15, 0.2) is 180 Å². The normalized spacial score (nSPS) is 13.2. The Morgan fingerprint density at radius 3 is 1.68 bits per heavy atom. The van der Waals surface area contributed by atoms with E-state index in [1.807, 2.05) is 6.07 Å². The number of benzene rings is 8. The molecule has 0 saturated heterocycles. The fourth-order valence-corrected chi connectivity index (χ4v) is 8.90. The second-order valence-corrected chi connectivity index (χ2v) is 14.9. The summed E-state index contributed by atoms with van der Waals surface area (Å²) in [6, 6.07) is 64.1. The highest BCUT2D eigenvalue weighted by atomic mass is 16.3. The minimum absolute atomic E-state index is 0.160. The van der Waals surface area contributed by atoms with E-state index < -0.39 is 0 Å². The third kappa shape index (κ3) is 4.45. The van der Waals surface area contributed by atoms with Gasteiger partial charge in [0.1, 0.15) is 11.2 Å². The Labute approximate surface area is 308 Å². The van der Waals surface area contributed by atoms with Gasteiger partial charge in [-0.3, -0.25) is 0 Å². The topological polar surface area (TPSA) is 18.1 Å². The Morgan fingerprint density at radius 2 is 0.962 bits per heavy atom. The second-order valence-electron chi connectivity index (χ2n) is 14.9. The van der Waals surface area contributed by atoms with Gasteiger partial charge in [-0.05, 0) is 98.6 Å². The molecule has 2 aromatic heterocycles. The lowest BCUT2D eigenvalue weighted by Gasteiger charge is -2.22. The van der Waals surface area contributed by atoms with E-state index in [0.717, 1.165) is 16.9 Å². The monoisotopic (exact) mass is 677 g/mol. The van der Waals surface area contributed by atoms with E-state index in [2.05, 4.69) is 188 Å². The van der Waals surface area contributed by atoms with E-state index in [1.54, 1.807) is 0 Å². The van der Waals surface area contributed by atoms with Crippen LogP contribution in [-0.2, 0) is 5.41 Å². The predicted octanol–water partition coefficient (Wildman–Crippen LogP) is 14.0. The highest BCUT2D eigenvalue weighted by Gasteiger charge is 2.38. The van der Waals surface area contributed by atoms with Crippen molar-refractivity contribution in [2.45, 2.75) is 19.3 Å². The summed E-state index contributed by atoms with van der Waals surface area (Å²) in [5.74, 6) is 0. The van der Waals surface area contributed by atoms with Gasteiger partial charge >= 0.3 is 0 Å². The summed E-state index contributed by atoms with van der Waals surface area (Å²) < 4.78 is 8.95. The van der Waals surface area contributed by atoms with Gasteiger partial charge in [0.2, 0.25) is 0 Å². The van der Waals surface area contributed by atoms with Gasteiger partial charge in [0, 0.05) is 38.2 Å². The Hall–Kier alpha value is -6.64. The molecule has 1 aliphatic carbocycles. The molecule has 0 bridgehead atoms. The van der Waals surface area contributed by atoms with Crippen LogP contribution in [-0.4, -0.2) is 4.57 Å². The molecule has 0 saturated carbocycles. The molecular weight excluding hydrogens is 643 g/mol. The van der Waals surface area contributed by atoms with Crippen molar-refractivity contribution in [3.63, 3.8) is 0 Å². The second kappa shape index (κ2) is 11.2. The first-order chi connectivity index (χ1) is 26.0. The van der Waals surface area contributed by atoms with E-state index in [-0.39, 0.29) is 5.41 Å². The van der Waals surface area contributed by atoms with E-state index in [1.165, 1.54) is 88.2 Å². The highest BCUT2D eigenvalue weighted by Crippen LogP contribution is 2.53. The summed E-state index contributed by atoms with van der Waals surface area (Å²) in [7, 11) is 0. The van der Waals surface area contributed by atoms with Gasteiger partial charge in [-0.25, -0.2) is 0 Å². The molecule has 2 heterocycles. The summed E-state index contributed by atoms with van der Waals surface area (Å²) in [6.07, 6.45) is 0.